The largest absolute Gasteiger partial charge is 0.447 e. The van der Waals surface area contributed by atoms with Crippen LogP contribution >= 0.6 is 0 Å². The van der Waals surface area contributed by atoms with E-state index in [4.69, 9.17) is 8.94 Å². The SMILES string of the molecule is CNCc1ccc(S(=O)(=O)NCCc2ncno2)o1. The van der Waals surface area contributed by atoms with E-state index in [1.165, 1.54) is 12.4 Å². The van der Waals surface area contributed by atoms with Crippen LogP contribution in [0.1, 0.15) is 11.7 Å². The van der Waals surface area contributed by atoms with Gasteiger partial charge in [-0.2, -0.15) is 4.98 Å². The fraction of sp³-hybridized carbons (Fsp3) is 0.400. The van der Waals surface area contributed by atoms with Crippen molar-refractivity contribution < 1.29 is 17.4 Å². The number of hydrogen-bond donors (Lipinski definition) is 2. The molecular weight excluding hydrogens is 272 g/mol. The molecule has 0 spiro atoms. The molecule has 0 atom stereocenters. The van der Waals surface area contributed by atoms with E-state index in [1.54, 1.807) is 13.1 Å². The molecule has 2 rings (SSSR count). The Hall–Kier alpha value is -1.71. The monoisotopic (exact) mass is 286 g/mol. The first-order chi connectivity index (χ1) is 9.12. The Balaban J connectivity index is 1.93. The minimum Gasteiger partial charge on any atom is -0.447 e. The second-order valence-electron chi connectivity index (χ2n) is 3.73. The van der Waals surface area contributed by atoms with Gasteiger partial charge >= 0.3 is 0 Å². The van der Waals surface area contributed by atoms with Crippen LogP contribution in [0.4, 0.5) is 0 Å². The van der Waals surface area contributed by atoms with Gasteiger partial charge in [0.25, 0.3) is 10.0 Å². The molecule has 0 aliphatic carbocycles. The summed E-state index contributed by atoms with van der Waals surface area (Å²) in [5.74, 6) is 0.929. The van der Waals surface area contributed by atoms with Crippen molar-refractivity contribution in [3.05, 3.63) is 30.1 Å². The lowest BCUT2D eigenvalue weighted by atomic mass is 10.4. The Morgan fingerprint density at radius 3 is 2.89 bits per heavy atom. The number of furan rings is 1. The first kappa shape index (κ1) is 13.7. The molecule has 0 fully saturated rings. The lowest BCUT2D eigenvalue weighted by molar-refractivity contribution is 0.376. The smallest absolute Gasteiger partial charge is 0.273 e. The first-order valence-electron chi connectivity index (χ1n) is 5.60. The van der Waals surface area contributed by atoms with Crippen LogP contribution < -0.4 is 10.0 Å². The van der Waals surface area contributed by atoms with Crippen LogP contribution in [0.15, 0.2) is 32.5 Å². The molecule has 8 nitrogen and oxygen atoms in total. The molecule has 0 amide bonds. The standard InChI is InChI=1S/C10H14N4O4S/c1-11-6-8-2-3-10(17-8)19(15,16)14-5-4-9-12-7-13-18-9/h2-3,7,11,14H,4-6H2,1H3. The fourth-order valence-corrected chi connectivity index (χ4v) is 2.42. The van der Waals surface area contributed by atoms with Gasteiger partial charge in [-0.15, -0.1) is 0 Å². The molecule has 0 unspecified atom stereocenters. The molecule has 0 saturated carbocycles. The lowest BCUT2D eigenvalue weighted by Crippen LogP contribution is -2.25. The van der Waals surface area contributed by atoms with Gasteiger partial charge in [-0.25, -0.2) is 13.1 Å². The van der Waals surface area contributed by atoms with Crippen LogP contribution in [0.2, 0.25) is 0 Å². The topological polar surface area (TPSA) is 110 Å². The summed E-state index contributed by atoms with van der Waals surface area (Å²) in [4.78, 5) is 3.79. The summed E-state index contributed by atoms with van der Waals surface area (Å²) >= 11 is 0. The molecule has 0 saturated heterocycles. The molecule has 2 aromatic heterocycles. The van der Waals surface area contributed by atoms with Gasteiger partial charge in [0.05, 0.1) is 6.54 Å². The van der Waals surface area contributed by atoms with E-state index in [0.29, 0.717) is 24.6 Å². The van der Waals surface area contributed by atoms with E-state index in [9.17, 15) is 8.42 Å². The highest BCUT2D eigenvalue weighted by molar-refractivity contribution is 7.89. The van der Waals surface area contributed by atoms with Crippen molar-refractivity contribution in [3.8, 4) is 0 Å². The van der Waals surface area contributed by atoms with Crippen molar-refractivity contribution >= 4 is 10.0 Å². The number of nitrogens with one attached hydrogen (secondary N) is 2. The van der Waals surface area contributed by atoms with Crippen molar-refractivity contribution in [3.63, 3.8) is 0 Å². The Labute approximate surface area is 110 Å². The van der Waals surface area contributed by atoms with Crippen LogP contribution in [0, 0.1) is 0 Å². The third-order valence-electron chi connectivity index (χ3n) is 2.29. The molecule has 104 valence electrons. The number of sulfonamides is 1. The quantitative estimate of drug-likeness (QED) is 0.731. The average Bonchev–Trinajstić information content (AvgIpc) is 3.00. The van der Waals surface area contributed by atoms with Gasteiger partial charge in [0, 0.05) is 13.0 Å². The minimum atomic E-state index is -3.65. The van der Waals surface area contributed by atoms with Gasteiger partial charge in [-0.05, 0) is 19.2 Å². The molecule has 2 heterocycles. The van der Waals surface area contributed by atoms with Crippen molar-refractivity contribution in [1.29, 1.82) is 0 Å². The molecule has 0 radical (unpaired) electrons. The van der Waals surface area contributed by atoms with Gasteiger partial charge in [-0.3, -0.25) is 0 Å². The molecule has 0 bridgehead atoms. The van der Waals surface area contributed by atoms with E-state index in [0.717, 1.165) is 0 Å². The van der Waals surface area contributed by atoms with Crippen LogP contribution in [0.25, 0.3) is 0 Å². The molecular formula is C10H14N4O4S. The summed E-state index contributed by atoms with van der Waals surface area (Å²) < 4.78 is 36.1. The maximum absolute atomic E-state index is 11.9. The van der Waals surface area contributed by atoms with Gasteiger partial charge < -0.3 is 14.3 Å². The zero-order valence-electron chi connectivity index (χ0n) is 10.3. The number of hydrogen-bond acceptors (Lipinski definition) is 7. The summed E-state index contributed by atoms with van der Waals surface area (Å²) in [5.41, 5.74) is 0. The Bertz CT molecular complexity index is 605. The van der Waals surface area contributed by atoms with Crippen molar-refractivity contribution in [2.45, 2.75) is 18.1 Å². The van der Waals surface area contributed by atoms with Gasteiger partial charge in [0.15, 0.2) is 6.33 Å². The molecule has 9 heteroatoms. The Morgan fingerprint density at radius 1 is 1.37 bits per heavy atom. The predicted molar refractivity (Wildman–Crippen MR) is 64.7 cm³/mol. The zero-order valence-corrected chi connectivity index (χ0v) is 11.1. The maximum atomic E-state index is 11.9. The maximum Gasteiger partial charge on any atom is 0.273 e. The van der Waals surface area contributed by atoms with Crippen LogP contribution in [0.5, 0.6) is 0 Å². The van der Waals surface area contributed by atoms with E-state index < -0.39 is 10.0 Å². The van der Waals surface area contributed by atoms with Crippen LogP contribution in [-0.4, -0.2) is 32.2 Å². The highest BCUT2D eigenvalue weighted by Crippen LogP contribution is 2.13. The lowest BCUT2D eigenvalue weighted by Gasteiger charge is -2.02. The van der Waals surface area contributed by atoms with E-state index >= 15 is 0 Å². The van der Waals surface area contributed by atoms with Crippen molar-refractivity contribution in [1.82, 2.24) is 20.2 Å². The summed E-state index contributed by atoms with van der Waals surface area (Å²) in [6, 6.07) is 3.03. The van der Waals surface area contributed by atoms with Crippen molar-refractivity contribution in [2.24, 2.45) is 0 Å². The van der Waals surface area contributed by atoms with Gasteiger partial charge in [0.1, 0.15) is 5.76 Å². The Morgan fingerprint density at radius 2 is 2.21 bits per heavy atom. The highest BCUT2D eigenvalue weighted by atomic mass is 32.2. The Kier molecular flexibility index (Phi) is 4.30. The third-order valence-corrected chi connectivity index (χ3v) is 3.62. The molecule has 0 aliphatic rings. The number of nitrogens with zero attached hydrogens (tertiary/aromatic N) is 2. The molecule has 2 aromatic rings. The molecule has 0 aliphatic heterocycles. The molecule has 0 aromatic carbocycles. The average molecular weight is 286 g/mol. The molecule has 19 heavy (non-hydrogen) atoms. The van der Waals surface area contributed by atoms with Crippen LogP contribution in [0.3, 0.4) is 0 Å². The number of aromatic nitrogens is 2. The first-order valence-corrected chi connectivity index (χ1v) is 7.08. The van der Waals surface area contributed by atoms with Gasteiger partial charge in [-0.1, -0.05) is 5.16 Å². The second-order valence-corrected chi connectivity index (χ2v) is 5.43. The summed E-state index contributed by atoms with van der Waals surface area (Å²) in [5, 5.41) is 6.20. The van der Waals surface area contributed by atoms with Gasteiger partial charge in [0.2, 0.25) is 11.0 Å². The van der Waals surface area contributed by atoms with Crippen molar-refractivity contribution in [2.75, 3.05) is 13.6 Å². The minimum absolute atomic E-state index is 0.108. The normalized spacial score (nSPS) is 11.8. The molecule has 2 N–H and O–H groups in total. The second kappa shape index (κ2) is 5.95. The van der Waals surface area contributed by atoms with E-state index in [2.05, 4.69) is 20.2 Å². The summed E-state index contributed by atoms with van der Waals surface area (Å²) in [6.45, 7) is 0.629. The van der Waals surface area contributed by atoms with E-state index in [-0.39, 0.29) is 11.6 Å². The third kappa shape index (κ3) is 3.63. The number of rotatable bonds is 7. The summed E-state index contributed by atoms with van der Waals surface area (Å²) in [7, 11) is -1.90. The fourth-order valence-electron chi connectivity index (χ4n) is 1.44. The predicted octanol–water partition coefficient (Wildman–Crippen LogP) is -0.0970. The zero-order chi connectivity index (χ0) is 13.7. The van der Waals surface area contributed by atoms with Crippen LogP contribution in [-0.2, 0) is 23.0 Å². The highest BCUT2D eigenvalue weighted by Gasteiger charge is 2.18. The van der Waals surface area contributed by atoms with E-state index in [1.807, 2.05) is 0 Å². The summed E-state index contributed by atoms with van der Waals surface area (Å²) in [6.07, 6.45) is 1.59.